The van der Waals surface area contributed by atoms with Crippen LogP contribution in [-0.2, 0) is 12.8 Å². The fourth-order valence-corrected chi connectivity index (χ4v) is 2.70. The lowest BCUT2D eigenvalue weighted by atomic mass is 9.88. The number of hydrogen-bond acceptors (Lipinski definition) is 2. The average Bonchev–Trinajstić information content (AvgIpc) is 2.35. The van der Waals surface area contributed by atoms with Crippen molar-refractivity contribution in [2.75, 3.05) is 6.54 Å². The number of aryl methyl sites for hydroxylation is 1. The van der Waals surface area contributed by atoms with E-state index in [-0.39, 0.29) is 5.92 Å². The van der Waals surface area contributed by atoms with Gasteiger partial charge >= 0.3 is 0 Å². The molecule has 0 saturated carbocycles. The second-order valence-corrected chi connectivity index (χ2v) is 5.71. The summed E-state index contributed by atoms with van der Waals surface area (Å²) < 4.78 is 1.17. The maximum atomic E-state index is 8.76. The van der Waals surface area contributed by atoms with Gasteiger partial charge in [-0.1, -0.05) is 22.0 Å². The van der Waals surface area contributed by atoms with E-state index >= 15 is 0 Å². The maximum absolute atomic E-state index is 8.76. The predicted molar refractivity (Wildman–Crippen MR) is 72.7 cm³/mol. The first-order chi connectivity index (χ1) is 8.19. The Kier molecular flexibility index (Phi) is 4.20. The summed E-state index contributed by atoms with van der Waals surface area (Å²) in [7, 11) is 0. The van der Waals surface area contributed by atoms with Crippen LogP contribution in [0.25, 0.3) is 0 Å². The summed E-state index contributed by atoms with van der Waals surface area (Å²) in [5, 5.41) is 12.3. The van der Waals surface area contributed by atoms with E-state index in [9.17, 15) is 0 Å². The van der Waals surface area contributed by atoms with E-state index in [0.717, 1.165) is 19.4 Å². The molecule has 17 heavy (non-hydrogen) atoms. The van der Waals surface area contributed by atoms with Crippen LogP contribution < -0.4 is 5.32 Å². The minimum absolute atomic E-state index is 0.0984. The van der Waals surface area contributed by atoms with Gasteiger partial charge in [-0.15, -0.1) is 0 Å². The highest BCUT2D eigenvalue weighted by Gasteiger charge is 2.18. The van der Waals surface area contributed by atoms with Crippen LogP contribution in [0.2, 0.25) is 0 Å². The molecule has 2 nitrogen and oxygen atoms in total. The van der Waals surface area contributed by atoms with E-state index in [1.807, 2.05) is 6.92 Å². The molecular formula is C14H17BrN2. The lowest BCUT2D eigenvalue weighted by Crippen LogP contribution is -2.36. The van der Waals surface area contributed by atoms with Gasteiger partial charge in [-0.2, -0.15) is 5.26 Å². The van der Waals surface area contributed by atoms with Crippen molar-refractivity contribution in [3.05, 3.63) is 33.8 Å². The van der Waals surface area contributed by atoms with E-state index in [1.54, 1.807) is 0 Å². The van der Waals surface area contributed by atoms with E-state index in [4.69, 9.17) is 5.26 Å². The summed E-state index contributed by atoms with van der Waals surface area (Å²) in [6, 6.07) is 9.33. The summed E-state index contributed by atoms with van der Waals surface area (Å²) in [4.78, 5) is 0. The normalized spacial score (nSPS) is 20.4. The molecule has 0 heterocycles. The molecule has 0 amide bonds. The zero-order valence-corrected chi connectivity index (χ0v) is 11.6. The van der Waals surface area contributed by atoms with Gasteiger partial charge in [0.2, 0.25) is 0 Å². The number of hydrogen-bond donors (Lipinski definition) is 1. The highest BCUT2D eigenvalue weighted by molar-refractivity contribution is 9.10. The predicted octanol–water partition coefficient (Wildman–Crippen LogP) is 3.06. The highest BCUT2D eigenvalue weighted by atomic mass is 79.9. The van der Waals surface area contributed by atoms with Crippen LogP contribution in [0, 0.1) is 17.2 Å². The Bertz CT molecular complexity index is 436. The molecule has 1 aromatic carbocycles. The summed E-state index contributed by atoms with van der Waals surface area (Å²) in [6.07, 6.45) is 3.38. The molecule has 1 aromatic rings. The second kappa shape index (κ2) is 5.66. The van der Waals surface area contributed by atoms with Crippen LogP contribution >= 0.6 is 15.9 Å². The third-order valence-corrected chi connectivity index (χ3v) is 3.82. The molecule has 0 bridgehead atoms. The van der Waals surface area contributed by atoms with Crippen molar-refractivity contribution in [2.45, 2.75) is 32.2 Å². The van der Waals surface area contributed by atoms with Crippen LogP contribution in [0.15, 0.2) is 22.7 Å². The molecule has 2 rings (SSSR count). The van der Waals surface area contributed by atoms with Crippen LogP contribution in [-0.4, -0.2) is 12.6 Å². The van der Waals surface area contributed by atoms with Crippen molar-refractivity contribution >= 4 is 15.9 Å². The SMILES string of the molecule is CC(C#N)CNC1CCc2cc(Br)ccc2C1. The van der Waals surface area contributed by atoms with Crippen LogP contribution in [0.4, 0.5) is 0 Å². The minimum atomic E-state index is 0.0984. The molecule has 0 aromatic heterocycles. The van der Waals surface area contributed by atoms with Gasteiger partial charge in [0.25, 0.3) is 0 Å². The number of nitrogens with zero attached hydrogens (tertiary/aromatic N) is 1. The molecule has 3 heteroatoms. The molecule has 0 radical (unpaired) electrons. The van der Waals surface area contributed by atoms with E-state index in [2.05, 4.69) is 45.5 Å². The molecule has 0 fully saturated rings. The maximum Gasteiger partial charge on any atom is 0.0666 e. The van der Waals surface area contributed by atoms with Crippen LogP contribution in [0.1, 0.15) is 24.5 Å². The fourth-order valence-electron chi connectivity index (χ4n) is 2.29. The zero-order chi connectivity index (χ0) is 12.3. The third-order valence-electron chi connectivity index (χ3n) is 3.33. The Hall–Kier alpha value is -0.850. The van der Waals surface area contributed by atoms with Gasteiger partial charge in [-0.3, -0.25) is 0 Å². The van der Waals surface area contributed by atoms with Gasteiger partial charge in [0.1, 0.15) is 0 Å². The lowest BCUT2D eigenvalue weighted by Gasteiger charge is -2.26. The quantitative estimate of drug-likeness (QED) is 0.929. The first-order valence-electron chi connectivity index (χ1n) is 6.09. The Morgan fingerprint density at radius 2 is 2.35 bits per heavy atom. The molecule has 90 valence electrons. The van der Waals surface area contributed by atoms with E-state index < -0.39 is 0 Å². The number of nitriles is 1. The van der Waals surface area contributed by atoms with Gasteiger partial charge in [-0.05, 0) is 49.4 Å². The van der Waals surface area contributed by atoms with Crippen molar-refractivity contribution in [2.24, 2.45) is 5.92 Å². The molecule has 2 unspecified atom stereocenters. The summed E-state index contributed by atoms with van der Waals surface area (Å²) >= 11 is 3.51. The molecule has 0 saturated heterocycles. The Labute approximate surface area is 111 Å². The molecular weight excluding hydrogens is 276 g/mol. The lowest BCUT2D eigenvalue weighted by molar-refractivity contribution is 0.440. The number of fused-ring (bicyclic) bond motifs is 1. The average molecular weight is 293 g/mol. The van der Waals surface area contributed by atoms with Gasteiger partial charge in [-0.25, -0.2) is 0 Å². The number of nitrogens with one attached hydrogen (secondary N) is 1. The molecule has 1 aliphatic carbocycles. The highest BCUT2D eigenvalue weighted by Crippen LogP contribution is 2.24. The molecule has 0 aliphatic heterocycles. The van der Waals surface area contributed by atoms with Gasteiger partial charge < -0.3 is 5.32 Å². The van der Waals surface area contributed by atoms with Crippen LogP contribution in [0.3, 0.4) is 0 Å². The summed E-state index contributed by atoms with van der Waals surface area (Å²) in [5.41, 5.74) is 2.91. The van der Waals surface area contributed by atoms with Crippen molar-refractivity contribution in [3.8, 4) is 6.07 Å². The Morgan fingerprint density at radius 1 is 1.53 bits per heavy atom. The fraction of sp³-hybridized carbons (Fsp3) is 0.500. The standard InChI is InChI=1S/C14H17BrN2/c1-10(8-16)9-17-14-5-3-11-6-13(15)4-2-12(11)7-14/h2,4,6,10,14,17H,3,5,7,9H2,1H3. The second-order valence-electron chi connectivity index (χ2n) is 4.79. The van der Waals surface area contributed by atoms with Crippen molar-refractivity contribution < 1.29 is 0 Å². The first kappa shape index (κ1) is 12.6. The van der Waals surface area contributed by atoms with Crippen molar-refractivity contribution in [1.29, 1.82) is 5.26 Å². The molecule has 2 atom stereocenters. The number of halogens is 1. The Balaban J connectivity index is 1.95. The summed E-state index contributed by atoms with van der Waals surface area (Å²) in [5.74, 6) is 0.0984. The monoisotopic (exact) mass is 292 g/mol. The largest absolute Gasteiger partial charge is 0.312 e. The smallest absolute Gasteiger partial charge is 0.0666 e. The van der Waals surface area contributed by atoms with Gasteiger partial charge in [0.15, 0.2) is 0 Å². The topological polar surface area (TPSA) is 35.8 Å². The first-order valence-corrected chi connectivity index (χ1v) is 6.88. The van der Waals surface area contributed by atoms with Crippen LogP contribution in [0.5, 0.6) is 0 Å². The van der Waals surface area contributed by atoms with Crippen molar-refractivity contribution in [3.63, 3.8) is 0 Å². The van der Waals surface area contributed by atoms with E-state index in [0.29, 0.717) is 6.04 Å². The minimum Gasteiger partial charge on any atom is -0.312 e. The molecule has 1 N–H and O–H groups in total. The number of benzene rings is 1. The zero-order valence-electron chi connectivity index (χ0n) is 10.0. The van der Waals surface area contributed by atoms with Gasteiger partial charge in [0, 0.05) is 17.1 Å². The molecule has 1 aliphatic rings. The third kappa shape index (κ3) is 3.31. The summed E-state index contributed by atoms with van der Waals surface area (Å²) in [6.45, 7) is 2.76. The molecule has 0 spiro atoms. The van der Waals surface area contributed by atoms with Gasteiger partial charge in [0.05, 0.1) is 12.0 Å². The number of rotatable bonds is 3. The van der Waals surface area contributed by atoms with E-state index in [1.165, 1.54) is 22.0 Å². The Morgan fingerprint density at radius 3 is 3.12 bits per heavy atom. The van der Waals surface area contributed by atoms with Crippen molar-refractivity contribution in [1.82, 2.24) is 5.32 Å².